The van der Waals surface area contributed by atoms with Crippen molar-refractivity contribution in [2.75, 3.05) is 62.8 Å². The molecule has 2 aromatic carbocycles. The largest absolute Gasteiger partial charge is 0.508 e. The molecule has 0 bridgehead atoms. The molecule has 41 heavy (non-hydrogen) atoms. The molecule has 1 saturated heterocycles. The van der Waals surface area contributed by atoms with Gasteiger partial charge in [0.25, 0.3) is 0 Å². The monoisotopic (exact) mass is 605 g/mol. The van der Waals surface area contributed by atoms with Crippen LogP contribution in [0.1, 0.15) is 51.0 Å². The van der Waals surface area contributed by atoms with Crippen LogP contribution in [0.25, 0.3) is 0 Å². The van der Waals surface area contributed by atoms with Gasteiger partial charge in [-0.15, -0.1) is 0 Å². The van der Waals surface area contributed by atoms with Crippen molar-refractivity contribution in [3.8, 4) is 5.75 Å². The number of anilines is 2. The van der Waals surface area contributed by atoms with Gasteiger partial charge in [-0.25, -0.2) is 4.79 Å². The maximum absolute atomic E-state index is 12.6. The molecular weight excluding hydrogens is 565 g/mol. The van der Waals surface area contributed by atoms with Gasteiger partial charge in [-0.1, -0.05) is 61.5 Å². The lowest BCUT2D eigenvalue weighted by Gasteiger charge is -2.36. The van der Waals surface area contributed by atoms with Crippen LogP contribution in [0, 0.1) is 5.92 Å². The summed E-state index contributed by atoms with van der Waals surface area (Å²) in [4.78, 5) is 29.2. The standard InChI is InChI=1S/C31H41Cl2N3O5/c1-2-3-4-6-19-40-31(38)41-22-24-20-23-11-12-25(21-27(23)34-30(24)37)39-18-7-5-13-35-14-16-36(17-15-35)28-10-8-9-26(32)29(28)33/h8-12,21,24H,2-7,13-20,22H2,1H3,(H,34,37). The van der Waals surface area contributed by atoms with Crippen molar-refractivity contribution in [3.05, 3.63) is 52.0 Å². The number of amides is 1. The van der Waals surface area contributed by atoms with Crippen LogP contribution in [0.3, 0.4) is 0 Å². The maximum atomic E-state index is 12.6. The van der Waals surface area contributed by atoms with Gasteiger partial charge in [0.2, 0.25) is 5.91 Å². The van der Waals surface area contributed by atoms with Gasteiger partial charge in [-0.3, -0.25) is 9.69 Å². The average Bonchev–Trinajstić information content (AvgIpc) is 2.97. The number of carbonyl (C=O) groups excluding carboxylic acids is 2. The Morgan fingerprint density at radius 3 is 2.59 bits per heavy atom. The molecule has 8 nitrogen and oxygen atoms in total. The van der Waals surface area contributed by atoms with Gasteiger partial charge in [-0.05, 0) is 56.0 Å². The normalized spacial score (nSPS) is 17.1. The predicted octanol–water partition coefficient (Wildman–Crippen LogP) is 6.82. The number of rotatable bonds is 14. The minimum absolute atomic E-state index is 0.000714. The van der Waals surface area contributed by atoms with Gasteiger partial charge in [0.15, 0.2) is 0 Å². The van der Waals surface area contributed by atoms with Crippen LogP contribution in [0.15, 0.2) is 36.4 Å². The minimum Gasteiger partial charge on any atom is -0.494 e. The number of fused-ring (bicyclic) bond motifs is 1. The van der Waals surface area contributed by atoms with E-state index in [1.54, 1.807) is 0 Å². The van der Waals surface area contributed by atoms with E-state index in [9.17, 15) is 9.59 Å². The summed E-state index contributed by atoms with van der Waals surface area (Å²) in [7, 11) is 0. The number of hydrogen-bond acceptors (Lipinski definition) is 7. The molecule has 0 radical (unpaired) electrons. The zero-order chi connectivity index (χ0) is 29.0. The first kappa shape index (κ1) is 31.3. The van der Waals surface area contributed by atoms with E-state index >= 15 is 0 Å². The van der Waals surface area contributed by atoms with Crippen LogP contribution in [0.5, 0.6) is 5.75 Å². The quantitative estimate of drug-likeness (QED) is 0.187. The van der Waals surface area contributed by atoms with E-state index in [0.717, 1.165) is 93.9 Å². The number of nitrogens with zero attached hydrogens (tertiary/aromatic N) is 2. The lowest BCUT2D eigenvalue weighted by atomic mass is 9.94. The first-order chi connectivity index (χ1) is 19.9. The third kappa shape index (κ3) is 9.42. The minimum atomic E-state index is -0.714. The fraction of sp³-hybridized carbons (Fsp3) is 0.548. The number of hydrogen-bond donors (Lipinski definition) is 1. The first-order valence-electron chi connectivity index (χ1n) is 14.7. The highest BCUT2D eigenvalue weighted by Crippen LogP contribution is 2.33. The van der Waals surface area contributed by atoms with Crippen molar-refractivity contribution in [2.24, 2.45) is 5.92 Å². The lowest BCUT2D eigenvalue weighted by molar-refractivity contribution is -0.121. The number of carbonyl (C=O) groups is 2. The fourth-order valence-corrected chi connectivity index (χ4v) is 5.55. The van der Waals surface area contributed by atoms with Crippen LogP contribution in [-0.2, 0) is 20.7 Å². The molecule has 1 fully saturated rings. The number of halogens is 2. The zero-order valence-electron chi connectivity index (χ0n) is 23.8. The second-order valence-electron chi connectivity index (χ2n) is 10.6. The number of nitrogens with one attached hydrogen (secondary N) is 1. The highest BCUT2D eigenvalue weighted by Gasteiger charge is 2.28. The molecule has 0 spiro atoms. The Balaban J connectivity index is 1.11. The van der Waals surface area contributed by atoms with Crippen LogP contribution < -0.4 is 15.0 Å². The fourth-order valence-electron chi connectivity index (χ4n) is 5.14. The van der Waals surface area contributed by atoms with Gasteiger partial charge in [0.05, 0.1) is 34.9 Å². The summed E-state index contributed by atoms with van der Waals surface area (Å²) in [5, 5.41) is 4.15. The number of piperazine rings is 1. The topological polar surface area (TPSA) is 80.3 Å². The molecule has 2 aliphatic rings. The molecule has 0 aromatic heterocycles. The molecule has 2 aliphatic heterocycles. The van der Waals surface area contributed by atoms with E-state index in [1.165, 1.54) is 0 Å². The van der Waals surface area contributed by atoms with E-state index in [4.69, 9.17) is 37.4 Å². The molecule has 1 N–H and O–H groups in total. The Morgan fingerprint density at radius 2 is 1.78 bits per heavy atom. The van der Waals surface area contributed by atoms with Crippen molar-refractivity contribution in [3.63, 3.8) is 0 Å². The van der Waals surface area contributed by atoms with E-state index in [1.807, 2.05) is 36.4 Å². The molecule has 1 unspecified atom stereocenters. The van der Waals surface area contributed by atoms with Crippen LogP contribution >= 0.6 is 23.2 Å². The molecule has 4 rings (SSSR count). The van der Waals surface area contributed by atoms with E-state index < -0.39 is 12.1 Å². The highest BCUT2D eigenvalue weighted by atomic mass is 35.5. The third-order valence-corrected chi connectivity index (χ3v) is 8.39. The van der Waals surface area contributed by atoms with Crippen molar-refractivity contribution in [1.29, 1.82) is 0 Å². The SMILES string of the molecule is CCCCCCOC(=O)OCC1Cc2ccc(OCCCCN3CCN(c4cccc(Cl)c4Cl)CC3)cc2NC1=O. The molecule has 1 atom stereocenters. The van der Waals surface area contributed by atoms with Crippen molar-refractivity contribution < 1.29 is 23.8 Å². The summed E-state index contributed by atoms with van der Waals surface area (Å²) in [5.74, 6) is 0.131. The van der Waals surface area contributed by atoms with Crippen molar-refractivity contribution in [1.82, 2.24) is 4.90 Å². The summed E-state index contributed by atoms with van der Waals surface area (Å²) in [5.41, 5.74) is 2.75. The number of benzene rings is 2. The smallest absolute Gasteiger partial charge is 0.494 e. The van der Waals surface area contributed by atoms with E-state index in [0.29, 0.717) is 29.7 Å². The Morgan fingerprint density at radius 1 is 0.976 bits per heavy atom. The van der Waals surface area contributed by atoms with Gasteiger partial charge in [0, 0.05) is 37.9 Å². The Bertz CT molecular complexity index is 1160. The second-order valence-corrected chi connectivity index (χ2v) is 11.4. The van der Waals surface area contributed by atoms with Crippen LogP contribution in [-0.4, -0.2) is 69.5 Å². The Kier molecular flexibility index (Phi) is 12.3. The summed E-state index contributed by atoms with van der Waals surface area (Å²) < 4.78 is 16.3. The first-order valence-corrected chi connectivity index (χ1v) is 15.5. The third-order valence-electron chi connectivity index (χ3n) is 7.58. The second kappa shape index (κ2) is 16.1. The molecule has 0 aliphatic carbocycles. The Labute approximate surface area is 253 Å². The van der Waals surface area contributed by atoms with Crippen molar-refractivity contribution >= 4 is 46.6 Å². The van der Waals surface area contributed by atoms with Gasteiger partial charge in [-0.2, -0.15) is 0 Å². The highest BCUT2D eigenvalue weighted by molar-refractivity contribution is 6.43. The summed E-state index contributed by atoms with van der Waals surface area (Å²) in [6.45, 7) is 7.93. The van der Waals surface area contributed by atoms with Crippen molar-refractivity contribution in [2.45, 2.75) is 51.9 Å². The summed E-state index contributed by atoms with van der Waals surface area (Å²) in [6.07, 6.45) is 5.87. The number of ether oxygens (including phenoxy) is 3. The van der Waals surface area contributed by atoms with E-state index in [-0.39, 0.29) is 12.5 Å². The maximum Gasteiger partial charge on any atom is 0.508 e. The molecular formula is C31H41Cl2N3O5. The summed E-state index contributed by atoms with van der Waals surface area (Å²) in [6, 6.07) is 11.5. The lowest BCUT2D eigenvalue weighted by Crippen LogP contribution is -2.46. The Hall–Kier alpha value is -2.68. The molecule has 2 heterocycles. The molecule has 224 valence electrons. The van der Waals surface area contributed by atoms with Crippen LogP contribution in [0.2, 0.25) is 10.0 Å². The predicted molar refractivity (Wildman–Crippen MR) is 164 cm³/mol. The molecule has 0 saturated carbocycles. The van der Waals surface area contributed by atoms with Gasteiger partial charge >= 0.3 is 6.16 Å². The molecule has 1 amide bonds. The average molecular weight is 607 g/mol. The van der Waals surface area contributed by atoms with Gasteiger partial charge < -0.3 is 24.4 Å². The molecule has 2 aromatic rings. The van der Waals surface area contributed by atoms with Crippen LogP contribution in [0.4, 0.5) is 16.2 Å². The number of unbranched alkanes of at least 4 members (excludes halogenated alkanes) is 4. The summed E-state index contributed by atoms with van der Waals surface area (Å²) >= 11 is 12.6. The van der Waals surface area contributed by atoms with Gasteiger partial charge in [0.1, 0.15) is 12.4 Å². The van der Waals surface area contributed by atoms with E-state index in [2.05, 4.69) is 22.0 Å². The zero-order valence-corrected chi connectivity index (χ0v) is 25.4. The molecule has 10 heteroatoms.